The normalized spacial score (nSPS) is 15.2. The summed E-state index contributed by atoms with van der Waals surface area (Å²) in [5.74, 6) is 0. The van der Waals surface area contributed by atoms with Crippen LogP contribution in [0.4, 0.5) is 0 Å². The minimum atomic E-state index is -0.862. The molecule has 0 aliphatic carbocycles. The molecule has 0 aromatic carbocycles. The molecule has 25 heavy (non-hydrogen) atoms. The maximum atomic E-state index is 2.43. The number of allylic oxidation sites excluding steroid dienone is 8. The highest BCUT2D eigenvalue weighted by atomic mass is 31.2. The number of rotatable bonds is 16. The summed E-state index contributed by atoms with van der Waals surface area (Å²) in [7, 11) is -0.862. The molecule has 0 saturated carbocycles. The van der Waals surface area contributed by atoms with E-state index in [-0.39, 0.29) is 0 Å². The zero-order chi connectivity index (χ0) is 18.6. The Morgan fingerprint density at radius 1 is 0.400 bits per heavy atom. The molecule has 0 N–H and O–H groups in total. The summed E-state index contributed by atoms with van der Waals surface area (Å²) in [4.78, 5) is 0. The Labute approximate surface area is 159 Å². The standard InChI is InChI=1S/C24H44P/c1-5-9-13-17-21-25(22-18-14-10-6-2,23-19-15-11-7-3)24-20-16-12-8-4/h9-16H,5-8,17-24H2,1-4H3/q+1. The molecule has 0 spiro atoms. The topological polar surface area (TPSA) is 0 Å². The Morgan fingerprint density at radius 3 is 0.840 bits per heavy atom. The van der Waals surface area contributed by atoms with Crippen LogP contribution in [0.3, 0.4) is 0 Å². The first-order valence-electron chi connectivity index (χ1n) is 10.7. The molecule has 0 rings (SSSR count). The van der Waals surface area contributed by atoms with E-state index in [2.05, 4.69) is 76.3 Å². The molecule has 0 aromatic heterocycles. The van der Waals surface area contributed by atoms with Crippen LogP contribution in [0.1, 0.15) is 79.1 Å². The molecular weight excluding hydrogens is 319 g/mol. The fourth-order valence-corrected chi connectivity index (χ4v) is 7.33. The van der Waals surface area contributed by atoms with E-state index in [0.29, 0.717) is 0 Å². The number of hydrogen-bond donors (Lipinski definition) is 0. The predicted molar refractivity (Wildman–Crippen MR) is 123 cm³/mol. The summed E-state index contributed by atoms with van der Waals surface area (Å²) >= 11 is 0. The second-order valence-corrected chi connectivity index (χ2v) is 11.4. The van der Waals surface area contributed by atoms with E-state index in [9.17, 15) is 0 Å². The minimum absolute atomic E-state index is 0.862. The van der Waals surface area contributed by atoms with Gasteiger partial charge in [-0.1, -0.05) is 76.3 Å². The molecule has 0 bridgehead atoms. The van der Waals surface area contributed by atoms with Crippen LogP contribution in [0.25, 0.3) is 0 Å². The lowest BCUT2D eigenvalue weighted by atomic mass is 10.3. The molecule has 0 amide bonds. The molecule has 0 heterocycles. The Morgan fingerprint density at radius 2 is 0.640 bits per heavy atom. The molecule has 0 saturated heterocycles. The molecule has 0 nitrogen and oxygen atoms in total. The smallest absolute Gasteiger partial charge is 0.0629 e. The lowest BCUT2D eigenvalue weighted by Gasteiger charge is -2.27. The molecular formula is C24H44P+. The van der Waals surface area contributed by atoms with Crippen molar-refractivity contribution in [3.05, 3.63) is 48.6 Å². The maximum Gasteiger partial charge on any atom is 0.0629 e. The van der Waals surface area contributed by atoms with Crippen molar-refractivity contribution >= 4 is 7.26 Å². The molecule has 0 unspecified atom stereocenters. The first-order chi connectivity index (χ1) is 12.2. The van der Waals surface area contributed by atoms with Gasteiger partial charge in [-0.25, -0.2) is 0 Å². The quantitative estimate of drug-likeness (QED) is 0.191. The van der Waals surface area contributed by atoms with Crippen molar-refractivity contribution in [3.63, 3.8) is 0 Å². The first kappa shape index (κ1) is 24.4. The van der Waals surface area contributed by atoms with Crippen molar-refractivity contribution in [1.29, 1.82) is 0 Å². The predicted octanol–water partition coefficient (Wildman–Crippen LogP) is 8.43. The van der Waals surface area contributed by atoms with Crippen molar-refractivity contribution in [2.24, 2.45) is 0 Å². The third kappa shape index (κ3) is 14.3. The SMILES string of the molecule is CCC=CCC[P+](CCC=CCC)(CCC=CCC)CCC=CCC. The van der Waals surface area contributed by atoms with Crippen LogP contribution in [-0.4, -0.2) is 24.6 Å². The molecule has 144 valence electrons. The van der Waals surface area contributed by atoms with Crippen LogP contribution in [0, 0.1) is 0 Å². The Bertz CT molecular complexity index is 309. The Kier molecular flexibility index (Phi) is 17.7. The monoisotopic (exact) mass is 363 g/mol. The zero-order valence-corrected chi connectivity index (χ0v) is 18.4. The van der Waals surface area contributed by atoms with Crippen LogP contribution in [0.2, 0.25) is 0 Å². The second kappa shape index (κ2) is 18.2. The van der Waals surface area contributed by atoms with E-state index in [4.69, 9.17) is 0 Å². The largest absolute Gasteiger partial charge is 0.0887 e. The van der Waals surface area contributed by atoms with E-state index < -0.39 is 7.26 Å². The highest BCUT2D eigenvalue weighted by Gasteiger charge is 2.34. The van der Waals surface area contributed by atoms with Crippen molar-refractivity contribution in [3.8, 4) is 0 Å². The van der Waals surface area contributed by atoms with Crippen LogP contribution in [0.15, 0.2) is 48.6 Å². The Hall–Kier alpha value is -0.610. The highest BCUT2D eigenvalue weighted by molar-refractivity contribution is 7.75. The van der Waals surface area contributed by atoms with Crippen molar-refractivity contribution in [1.82, 2.24) is 0 Å². The summed E-state index contributed by atoms with van der Waals surface area (Å²) < 4.78 is 0. The van der Waals surface area contributed by atoms with E-state index in [0.717, 1.165) is 0 Å². The fourth-order valence-electron chi connectivity index (χ4n) is 3.20. The first-order valence-corrected chi connectivity index (χ1v) is 13.2. The summed E-state index contributed by atoms with van der Waals surface area (Å²) in [6, 6.07) is 0. The van der Waals surface area contributed by atoms with Gasteiger partial charge in [-0.05, 0) is 51.4 Å². The molecule has 0 aliphatic rings. The van der Waals surface area contributed by atoms with E-state index >= 15 is 0 Å². The molecule has 1 heteroatoms. The highest BCUT2D eigenvalue weighted by Crippen LogP contribution is 2.60. The van der Waals surface area contributed by atoms with Crippen LogP contribution in [0.5, 0.6) is 0 Å². The molecule has 0 aromatic rings. The van der Waals surface area contributed by atoms with Crippen molar-refractivity contribution in [2.45, 2.75) is 79.1 Å². The maximum absolute atomic E-state index is 2.43. The van der Waals surface area contributed by atoms with E-state index in [1.165, 1.54) is 76.0 Å². The van der Waals surface area contributed by atoms with Gasteiger partial charge >= 0.3 is 0 Å². The third-order valence-electron chi connectivity index (χ3n) is 4.69. The lowest BCUT2D eigenvalue weighted by Crippen LogP contribution is -2.11. The van der Waals surface area contributed by atoms with Gasteiger partial charge < -0.3 is 0 Å². The van der Waals surface area contributed by atoms with Gasteiger partial charge in [0.05, 0.1) is 24.6 Å². The lowest BCUT2D eigenvalue weighted by molar-refractivity contribution is 1.04. The average Bonchev–Trinajstić information content (AvgIpc) is 2.63. The third-order valence-corrected chi connectivity index (χ3v) is 9.52. The molecule has 0 aliphatic heterocycles. The summed E-state index contributed by atoms with van der Waals surface area (Å²) in [5.41, 5.74) is 0. The minimum Gasteiger partial charge on any atom is -0.0887 e. The van der Waals surface area contributed by atoms with Gasteiger partial charge in [0.15, 0.2) is 0 Å². The summed E-state index contributed by atoms with van der Waals surface area (Å²) in [5, 5.41) is 0. The molecule has 0 atom stereocenters. The summed E-state index contributed by atoms with van der Waals surface area (Å²) in [6.07, 6.45) is 34.7. The van der Waals surface area contributed by atoms with Crippen LogP contribution < -0.4 is 0 Å². The van der Waals surface area contributed by atoms with Gasteiger partial charge in [0, 0.05) is 7.26 Å². The van der Waals surface area contributed by atoms with Gasteiger partial charge in [-0.3, -0.25) is 0 Å². The Balaban J connectivity index is 4.97. The van der Waals surface area contributed by atoms with Gasteiger partial charge in [0.2, 0.25) is 0 Å². The second-order valence-electron chi connectivity index (χ2n) is 6.91. The van der Waals surface area contributed by atoms with E-state index in [1.807, 2.05) is 0 Å². The van der Waals surface area contributed by atoms with Crippen molar-refractivity contribution < 1.29 is 0 Å². The van der Waals surface area contributed by atoms with Gasteiger partial charge in [-0.15, -0.1) is 0 Å². The fraction of sp³-hybridized carbons (Fsp3) is 0.667. The summed E-state index contributed by atoms with van der Waals surface area (Å²) in [6.45, 7) is 8.94. The average molecular weight is 364 g/mol. The number of hydrogen-bond acceptors (Lipinski definition) is 0. The zero-order valence-electron chi connectivity index (χ0n) is 17.6. The van der Waals surface area contributed by atoms with Gasteiger partial charge in [0.1, 0.15) is 0 Å². The van der Waals surface area contributed by atoms with E-state index in [1.54, 1.807) is 0 Å². The van der Waals surface area contributed by atoms with Crippen LogP contribution in [-0.2, 0) is 0 Å². The van der Waals surface area contributed by atoms with Gasteiger partial charge in [0.25, 0.3) is 0 Å². The van der Waals surface area contributed by atoms with Gasteiger partial charge in [-0.2, -0.15) is 0 Å². The molecule has 0 fully saturated rings. The molecule has 0 radical (unpaired) electrons. The van der Waals surface area contributed by atoms with Crippen LogP contribution >= 0.6 is 7.26 Å². The van der Waals surface area contributed by atoms with Crippen molar-refractivity contribution in [2.75, 3.05) is 24.6 Å².